The van der Waals surface area contributed by atoms with Gasteiger partial charge in [-0.25, -0.2) is 0 Å². The molecule has 2 heterocycles. The molecular weight excluding hydrogens is 224 g/mol. The first kappa shape index (κ1) is 13.6. The van der Waals surface area contributed by atoms with Crippen molar-refractivity contribution in [2.75, 3.05) is 26.7 Å². The maximum absolute atomic E-state index is 4.42. The Morgan fingerprint density at radius 3 is 2.83 bits per heavy atom. The second-order valence-corrected chi connectivity index (χ2v) is 5.40. The summed E-state index contributed by atoms with van der Waals surface area (Å²) in [7, 11) is 4.08. The number of rotatable bonds is 5. The molecule has 1 saturated heterocycles. The topological polar surface area (TPSA) is 33.1 Å². The van der Waals surface area contributed by atoms with E-state index < -0.39 is 0 Å². The minimum Gasteiger partial charge on any atom is -0.319 e. The van der Waals surface area contributed by atoms with Crippen molar-refractivity contribution in [3.63, 3.8) is 0 Å². The van der Waals surface area contributed by atoms with E-state index >= 15 is 0 Å². The SMILES string of the molecule is CCCN1CCC(CNC)C1c1cnn(C)c1C. The van der Waals surface area contributed by atoms with Crippen molar-refractivity contribution in [1.29, 1.82) is 0 Å². The van der Waals surface area contributed by atoms with Crippen molar-refractivity contribution in [3.8, 4) is 0 Å². The van der Waals surface area contributed by atoms with Crippen LogP contribution in [0.3, 0.4) is 0 Å². The van der Waals surface area contributed by atoms with E-state index in [1.807, 2.05) is 11.7 Å². The zero-order valence-electron chi connectivity index (χ0n) is 12.1. The molecule has 102 valence electrons. The van der Waals surface area contributed by atoms with Crippen molar-refractivity contribution >= 4 is 0 Å². The molecule has 1 aromatic heterocycles. The van der Waals surface area contributed by atoms with E-state index in [4.69, 9.17) is 0 Å². The lowest BCUT2D eigenvalue weighted by Crippen LogP contribution is -2.30. The summed E-state index contributed by atoms with van der Waals surface area (Å²) in [6.07, 6.45) is 4.58. The van der Waals surface area contributed by atoms with Gasteiger partial charge in [-0.15, -0.1) is 0 Å². The van der Waals surface area contributed by atoms with Gasteiger partial charge in [0.25, 0.3) is 0 Å². The summed E-state index contributed by atoms with van der Waals surface area (Å²) < 4.78 is 1.99. The van der Waals surface area contributed by atoms with Gasteiger partial charge in [0.2, 0.25) is 0 Å². The van der Waals surface area contributed by atoms with Gasteiger partial charge in [-0.1, -0.05) is 6.92 Å². The minimum absolute atomic E-state index is 0.547. The van der Waals surface area contributed by atoms with Crippen LogP contribution in [0.4, 0.5) is 0 Å². The molecule has 0 aromatic carbocycles. The molecule has 1 fully saturated rings. The second kappa shape index (κ2) is 5.85. The van der Waals surface area contributed by atoms with Gasteiger partial charge in [0.15, 0.2) is 0 Å². The Bertz CT molecular complexity index is 371. The summed E-state index contributed by atoms with van der Waals surface area (Å²) in [6, 6.07) is 0.547. The molecule has 0 amide bonds. The molecule has 2 atom stereocenters. The van der Waals surface area contributed by atoms with Gasteiger partial charge in [0, 0.05) is 24.3 Å². The van der Waals surface area contributed by atoms with Crippen molar-refractivity contribution in [1.82, 2.24) is 20.0 Å². The van der Waals surface area contributed by atoms with Gasteiger partial charge in [-0.3, -0.25) is 9.58 Å². The summed E-state index contributed by atoms with van der Waals surface area (Å²) >= 11 is 0. The Morgan fingerprint density at radius 2 is 2.28 bits per heavy atom. The van der Waals surface area contributed by atoms with E-state index in [0.717, 1.165) is 6.54 Å². The molecule has 4 heteroatoms. The Morgan fingerprint density at radius 1 is 1.50 bits per heavy atom. The fourth-order valence-electron chi connectivity index (χ4n) is 3.20. The van der Waals surface area contributed by atoms with E-state index in [1.165, 1.54) is 37.2 Å². The Balaban J connectivity index is 2.25. The molecule has 1 aliphatic heterocycles. The molecule has 18 heavy (non-hydrogen) atoms. The summed E-state index contributed by atoms with van der Waals surface area (Å²) in [4.78, 5) is 2.63. The highest BCUT2D eigenvalue weighted by atomic mass is 15.3. The molecule has 1 aromatic rings. The number of nitrogens with one attached hydrogen (secondary N) is 1. The lowest BCUT2D eigenvalue weighted by molar-refractivity contribution is 0.226. The number of hydrogen-bond donors (Lipinski definition) is 1. The van der Waals surface area contributed by atoms with Crippen LogP contribution in [-0.4, -0.2) is 41.4 Å². The number of nitrogens with zero attached hydrogens (tertiary/aromatic N) is 3. The van der Waals surface area contributed by atoms with E-state index in [0.29, 0.717) is 12.0 Å². The Hall–Kier alpha value is -0.870. The molecule has 0 spiro atoms. The van der Waals surface area contributed by atoms with E-state index in [2.05, 4.69) is 42.4 Å². The Kier molecular flexibility index (Phi) is 4.40. The largest absolute Gasteiger partial charge is 0.319 e. The summed E-state index contributed by atoms with van der Waals surface area (Å²) in [6.45, 7) is 7.96. The van der Waals surface area contributed by atoms with Gasteiger partial charge < -0.3 is 5.32 Å². The highest BCUT2D eigenvalue weighted by Gasteiger charge is 2.35. The van der Waals surface area contributed by atoms with E-state index in [1.54, 1.807) is 0 Å². The van der Waals surface area contributed by atoms with Gasteiger partial charge in [0.1, 0.15) is 0 Å². The van der Waals surface area contributed by atoms with Gasteiger partial charge >= 0.3 is 0 Å². The molecule has 4 nitrogen and oxygen atoms in total. The lowest BCUT2D eigenvalue weighted by Gasteiger charge is -2.28. The highest BCUT2D eigenvalue weighted by molar-refractivity contribution is 5.23. The average Bonchev–Trinajstić information content (AvgIpc) is 2.87. The van der Waals surface area contributed by atoms with Crippen molar-refractivity contribution in [3.05, 3.63) is 17.5 Å². The molecule has 0 saturated carbocycles. The molecule has 0 bridgehead atoms. The van der Waals surface area contributed by atoms with Crippen molar-refractivity contribution in [2.24, 2.45) is 13.0 Å². The number of likely N-dealkylation sites (tertiary alicyclic amines) is 1. The first-order chi connectivity index (χ1) is 8.69. The fraction of sp³-hybridized carbons (Fsp3) is 0.786. The average molecular weight is 250 g/mol. The zero-order chi connectivity index (χ0) is 13.1. The minimum atomic E-state index is 0.547. The van der Waals surface area contributed by atoms with Crippen LogP contribution in [-0.2, 0) is 7.05 Å². The van der Waals surface area contributed by atoms with Crippen LogP contribution in [0.5, 0.6) is 0 Å². The van der Waals surface area contributed by atoms with Crippen LogP contribution in [0.2, 0.25) is 0 Å². The molecule has 2 rings (SSSR count). The molecule has 1 aliphatic rings. The zero-order valence-corrected chi connectivity index (χ0v) is 12.1. The van der Waals surface area contributed by atoms with Crippen LogP contribution in [0.25, 0.3) is 0 Å². The maximum atomic E-state index is 4.42. The van der Waals surface area contributed by atoms with Gasteiger partial charge in [0.05, 0.1) is 6.20 Å². The van der Waals surface area contributed by atoms with E-state index in [-0.39, 0.29) is 0 Å². The maximum Gasteiger partial charge on any atom is 0.0540 e. The normalized spacial score (nSPS) is 24.9. The quantitative estimate of drug-likeness (QED) is 0.864. The molecule has 0 aliphatic carbocycles. The smallest absolute Gasteiger partial charge is 0.0540 e. The first-order valence-electron chi connectivity index (χ1n) is 7.06. The second-order valence-electron chi connectivity index (χ2n) is 5.40. The third-order valence-corrected chi connectivity index (χ3v) is 4.20. The standard InChI is InChI=1S/C14H26N4/c1-5-7-18-8-6-12(9-15-3)14(18)13-10-16-17(4)11(13)2/h10,12,14-15H,5-9H2,1-4H3. The highest BCUT2D eigenvalue weighted by Crippen LogP contribution is 2.38. The van der Waals surface area contributed by atoms with Crippen LogP contribution in [0.15, 0.2) is 6.20 Å². The van der Waals surface area contributed by atoms with Gasteiger partial charge in [-0.05, 0) is 52.4 Å². The number of aryl methyl sites for hydroxylation is 1. The predicted molar refractivity (Wildman–Crippen MR) is 74.6 cm³/mol. The monoisotopic (exact) mass is 250 g/mol. The van der Waals surface area contributed by atoms with Crippen LogP contribution < -0.4 is 5.32 Å². The molecule has 1 N–H and O–H groups in total. The summed E-state index contributed by atoms with van der Waals surface area (Å²) in [5.74, 6) is 0.712. The first-order valence-corrected chi connectivity index (χ1v) is 7.06. The third kappa shape index (κ3) is 2.45. The third-order valence-electron chi connectivity index (χ3n) is 4.20. The summed E-state index contributed by atoms with van der Waals surface area (Å²) in [5.41, 5.74) is 2.73. The van der Waals surface area contributed by atoms with Crippen LogP contribution in [0, 0.1) is 12.8 Å². The van der Waals surface area contributed by atoms with Gasteiger partial charge in [-0.2, -0.15) is 5.10 Å². The predicted octanol–water partition coefficient (Wildman–Crippen LogP) is 1.72. The molecule has 0 radical (unpaired) electrons. The fourth-order valence-corrected chi connectivity index (χ4v) is 3.20. The van der Waals surface area contributed by atoms with Crippen molar-refractivity contribution in [2.45, 2.75) is 32.7 Å². The lowest BCUT2D eigenvalue weighted by atomic mass is 9.94. The van der Waals surface area contributed by atoms with E-state index in [9.17, 15) is 0 Å². The Labute approximate surface area is 110 Å². The summed E-state index contributed by atoms with van der Waals surface area (Å²) in [5, 5.41) is 7.76. The number of hydrogen-bond acceptors (Lipinski definition) is 3. The van der Waals surface area contributed by atoms with Crippen molar-refractivity contribution < 1.29 is 0 Å². The molecule has 2 unspecified atom stereocenters. The van der Waals surface area contributed by atoms with Crippen LogP contribution >= 0.6 is 0 Å². The molecular formula is C14H26N4. The van der Waals surface area contributed by atoms with Crippen LogP contribution in [0.1, 0.15) is 37.1 Å². The number of aromatic nitrogens is 2.